The Kier molecular flexibility index (Phi) is 3.99. The molecule has 0 aliphatic carbocycles. The van der Waals surface area contributed by atoms with Crippen molar-refractivity contribution >= 4 is 26.6 Å². The molecule has 0 heterocycles. The van der Waals surface area contributed by atoms with E-state index < -0.39 is 23.2 Å². The van der Waals surface area contributed by atoms with Crippen LogP contribution in [-0.2, 0) is 4.74 Å². The van der Waals surface area contributed by atoms with Crippen LogP contribution in [0.1, 0.15) is 6.42 Å². The third-order valence-corrected chi connectivity index (χ3v) is 0.912. The summed E-state index contributed by atoms with van der Waals surface area (Å²) < 4.78 is 37.3. The first-order valence-electron chi connectivity index (χ1n) is 2.31. The summed E-state index contributed by atoms with van der Waals surface area (Å²) in [5, 5.41) is 0. The van der Waals surface area contributed by atoms with Crippen LogP contribution in [0.15, 0.2) is 0 Å². The van der Waals surface area contributed by atoms with Gasteiger partial charge in [0.2, 0.25) is 0 Å². The number of ether oxygens (including phenoxy) is 1. The standard InChI is InChI=1S/C4H4F3IO2/c5-4(6,7)1-2-10-3(8)9/h1-2H2. The van der Waals surface area contributed by atoms with Gasteiger partial charge in [-0.25, -0.2) is 4.79 Å². The van der Waals surface area contributed by atoms with E-state index >= 15 is 0 Å². The quantitative estimate of drug-likeness (QED) is 0.568. The topological polar surface area (TPSA) is 26.3 Å². The van der Waals surface area contributed by atoms with Gasteiger partial charge in [0.1, 0.15) is 6.61 Å². The molecule has 6 heteroatoms. The summed E-state index contributed by atoms with van der Waals surface area (Å²) >= 11 is 1.27. The Morgan fingerprint density at radius 1 is 1.50 bits per heavy atom. The molecule has 0 saturated heterocycles. The van der Waals surface area contributed by atoms with Crippen LogP contribution in [0.4, 0.5) is 18.0 Å². The molecule has 10 heavy (non-hydrogen) atoms. The molecular formula is C4H4F3IO2. The van der Waals surface area contributed by atoms with E-state index in [0.717, 1.165) is 0 Å². The van der Waals surface area contributed by atoms with Crippen LogP contribution < -0.4 is 0 Å². The number of alkyl halides is 3. The minimum absolute atomic E-state index is 0.592. The zero-order valence-corrected chi connectivity index (χ0v) is 6.90. The maximum Gasteiger partial charge on any atom is 0.392 e. The summed E-state index contributed by atoms with van der Waals surface area (Å²) in [5.74, 6) is 0. The SMILES string of the molecule is O=C(I)OCCC(F)(F)F. The van der Waals surface area contributed by atoms with E-state index in [4.69, 9.17) is 0 Å². The summed E-state index contributed by atoms with van der Waals surface area (Å²) in [7, 11) is 0. The van der Waals surface area contributed by atoms with Crippen molar-refractivity contribution in [3.63, 3.8) is 0 Å². The molecule has 2 nitrogen and oxygen atoms in total. The molecule has 0 amide bonds. The van der Waals surface area contributed by atoms with Crippen molar-refractivity contribution in [3.8, 4) is 0 Å². The first-order valence-corrected chi connectivity index (χ1v) is 3.39. The van der Waals surface area contributed by atoms with E-state index in [0.29, 0.717) is 0 Å². The van der Waals surface area contributed by atoms with Crippen LogP contribution in [0, 0.1) is 0 Å². The monoisotopic (exact) mass is 268 g/mol. The summed E-state index contributed by atoms with van der Waals surface area (Å²) in [4.78, 5) is 9.93. The first kappa shape index (κ1) is 9.99. The van der Waals surface area contributed by atoms with Gasteiger partial charge in [0.15, 0.2) is 0 Å². The molecule has 0 spiro atoms. The normalized spacial score (nSPS) is 11.2. The molecule has 0 rings (SSSR count). The number of rotatable bonds is 2. The van der Waals surface area contributed by atoms with Gasteiger partial charge in [0.25, 0.3) is 0 Å². The molecule has 0 radical (unpaired) electrons. The third kappa shape index (κ3) is 7.99. The van der Waals surface area contributed by atoms with Crippen LogP contribution in [0.5, 0.6) is 0 Å². The van der Waals surface area contributed by atoms with Gasteiger partial charge in [-0.3, -0.25) is 0 Å². The Morgan fingerprint density at radius 3 is 2.30 bits per heavy atom. The molecule has 0 fully saturated rings. The molecular weight excluding hydrogens is 264 g/mol. The van der Waals surface area contributed by atoms with E-state index in [1.807, 2.05) is 0 Å². The Hall–Kier alpha value is -0.0100. The number of carbonyl (C=O) groups excluding carboxylic acids is 1. The Bertz CT molecular complexity index is 122. The Labute approximate surface area is 68.9 Å². The lowest BCUT2D eigenvalue weighted by molar-refractivity contribution is -0.140. The highest BCUT2D eigenvalue weighted by Crippen LogP contribution is 2.19. The lowest BCUT2D eigenvalue weighted by Gasteiger charge is -2.04. The van der Waals surface area contributed by atoms with Gasteiger partial charge >= 0.3 is 10.2 Å². The molecule has 0 aromatic rings. The number of carbonyl (C=O) groups is 1. The van der Waals surface area contributed by atoms with E-state index in [-0.39, 0.29) is 0 Å². The highest BCUT2D eigenvalue weighted by Gasteiger charge is 2.26. The fraction of sp³-hybridized carbons (Fsp3) is 0.750. The van der Waals surface area contributed by atoms with Gasteiger partial charge in [-0.1, -0.05) is 0 Å². The second kappa shape index (κ2) is 3.99. The molecule has 0 atom stereocenters. The zero-order valence-electron chi connectivity index (χ0n) is 4.74. The van der Waals surface area contributed by atoms with E-state index in [1.165, 1.54) is 22.6 Å². The van der Waals surface area contributed by atoms with Crippen LogP contribution in [0.2, 0.25) is 0 Å². The maximum atomic E-state index is 11.3. The fourth-order valence-electron chi connectivity index (χ4n) is 0.247. The molecule has 60 valence electrons. The molecule has 0 aromatic heterocycles. The van der Waals surface area contributed by atoms with E-state index in [1.54, 1.807) is 0 Å². The van der Waals surface area contributed by atoms with E-state index in [9.17, 15) is 18.0 Å². The van der Waals surface area contributed by atoms with Crippen molar-refractivity contribution in [1.82, 2.24) is 0 Å². The van der Waals surface area contributed by atoms with Crippen LogP contribution >= 0.6 is 22.6 Å². The first-order chi connectivity index (χ1) is 4.42. The van der Waals surface area contributed by atoms with Crippen LogP contribution in [-0.4, -0.2) is 16.8 Å². The second-order valence-corrected chi connectivity index (χ2v) is 2.33. The molecule has 0 unspecified atom stereocenters. The lowest BCUT2D eigenvalue weighted by Crippen LogP contribution is -2.11. The van der Waals surface area contributed by atoms with Gasteiger partial charge in [-0.2, -0.15) is 13.2 Å². The average Bonchev–Trinajstić information content (AvgIpc) is 1.59. The minimum Gasteiger partial charge on any atom is -0.458 e. The predicted octanol–water partition coefficient (Wildman–Crippen LogP) is 2.51. The summed E-state index contributed by atoms with van der Waals surface area (Å²) in [5.41, 5.74) is 0. The Balaban J connectivity index is 3.29. The highest BCUT2D eigenvalue weighted by atomic mass is 127. The summed E-state index contributed by atoms with van der Waals surface area (Å²) in [6.07, 6.45) is -5.33. The second-order valence-electron chi connectivity index (χ2n) is 1.45. The number of hydrogen-bond acceptors (Lipinski definition) is 2. The smallest absolute Gasteiger partial charge is 0.392 e. The fourth-order valence-corrected chi connectivity index (χ4v) is 0.467. The van der Waals surface area contributed by atoms with Gasteiger partial charge in [-0.15, -0.1) is 0 Å². The molecule has 0 N–H and O–H groups in total. The van der Waals surface area contributed by atoms with Gasteiger partial charge in [-0.05, 0) is 0 Å². The lowest BCUT2D eigenvalue weighted by atomic mass is 10.4. The van der Waals surface area contributed by atoms with Crippen molar-refractivity contribution in [3.05, 3.63) is 0 Å². The van der Waals surface area contributed by atoms with Crippen molar-refractivity contribution in [2.45, 2.75) is 12.6 Å². The summed E-state index contributed by atoms with van der Waals surface area (Å²) in [6.45, 7) is -0.592. The van der Waals surface area contributed by atoms with E-state index in [2.05, 4.69) is 4.74 Å². The van der Waals surface area contributed by atoms with Crippen molar-refractivity contribution in [2.24, 2.45) is 0 Å². The number of halogens is 4. The highest BCUT2D eigenvalue weighted by molar-refractivity contribution is 14.1. The molecule has 0 aliphatic heterocycles. The Morgan fingerprint density at radius 2 is 2.00 bits per heavy atom. The van der Waals surface area contributed by atoms with Gasteiger partial charge in [0, 0.05) is 0 Å². The predicted molar refractivity (Wildman–Crippen MR) is 36.0 cm³/mol. The molecule has 0 bridgehead atoms. The third-order valence-electron chi connectivity index (χ3n) is 0.601. The van der Waals surface area contributed by atoms with Gasteiger partial charge in [0.05, 0.1) is 29.0 Å². The van der Waals surface area contributed by atoms with Gasteiger partial charge < -0.3 is 4.74 Å². The summed E-state index contributed by atoms with van der Waals surface area (Å²) in [6, 6.07) is 0. The van der Waals surface area contributed by atoms with Crippen molar-refractivity contribution in [2.75, 3.05) is 6.61 Å². The number of hydrogen-bond donors (Lipinski definition) is 0. The maximum absolute atomic E-state index is 11.3. The largest absolute Gasteiger partial charge is 0.458 e. The average molecular weight is 268 g/mol. The molecule has 0 aliphatic rings. The molecule has 0 aromatic carbocycles. The van der Waals surface area contributed by atoms with Crippen LogP contribution in [0.25, 0.3) is 0 Å². The van der Waals surface area contributed by atoms with Crippen molar-refractivity contribution in [1.29, 1.82) is 0 Å². The molecule has 0 saturated carbocycles. The van der Waals surface area contributed by atoms with Crippen LogP contribution in [0.3, 0.4) is 0 Å². The zero-order chi connectivity index (χ0) is 8.20. The minimum atomic E-state index is -4.24. The van der Waals surface area contributed by atoms with Crippen molar-refractivity contribution < 1.29 is 22.7 Å².